The molecule has 0 bridgehead atoms. The van der Waals surface area contributed by atoms with Crippen molar-refractivity contribution in [3.05, 3.63) is 34.9 Å². The highest BCUT2D eigenvalue weighted by atomic mass is 35.5. The number of benzene rings is 1. The predicted octanol–water partition coefficient (Wildman–Crippen LogP) is 3.27. The fraction of sp³-hybridized carbons (Fsp3) is 0.455. The minimum atomic E-state index is -0.0231. The molecule has 0 amide bonds. The van der Waals surface area contributed by atoms with Crippen LogP contribution in [0.4, 0.5) is 0 Å². The molecule has 1 aromatic rings. The third-order valence-corrected chi connectivity index (χ3v) is 3.37. The van der Waals surface area contributed by atoms with E-state index in [-0.39, 0.29) is 11.7 Å². The van der Waals surface area contributed by atoms with E-state index in [1.165, 1.54) is 6.42 Å². The molecule has 1 aromatic carbocycles. The van der Waals surface area contributed by atoms with Crippen molar-refractivity contribution in [3.63, 3.8) is 0 Å². The molecule has 2 fully saturated rings. The van der Waals surface area contributed by atoms with Crippen LogP contribution in [-0.4, -0.2) is 5.60 Å². The van der Waals surface area contributed by atoms with Gasteiger partial charge in [-0.2, -0.15) is 0 Å². The average Bonchev–Trinajstić information content (AvgIpc) is 1.99. The third kappa shape index (κ3) is 1.11. The molecule has 1 saturated carbocycles. The number of hydrogen-bond donors (Lipinski definition) is 0. The van der Waals surface area contributed by atoms with Crippen molar-refractivity contribution in [2.24, 2.45) is 0 Å². The van der Waals surface area contributed by atoms with Gasteiger partial charge in [0.1, 0.15) is 5.60 Å². The van der Waals surface area contributed by atoms with Gasteiger partial charge in [0.25, 0.3) is 0 Å². The average molecular weight is 211 g/mol. The normalized spacial score (nSPS) is 28.2. The maximum atomic E-state index is 5.93. The fourth-order valence-electron chi connectivity index (χ4n) is 2.13. The van der Waals surface area contributed by atoms with Crippen LogP contribution >= 0.6 is 11.6 Å². The van der Waals surface area contributed by atoms with Crippen LogP contribution in [0.25, 0.3) is 0 Å². The topological polar surface area (TPSA) is 18.5 Å². The van der Waals surface area contributed by atoms with Gasteiger partial charge < -0.3 is 0 Å². The van der Waals surface area contributed by atoms with Crippen molar-refractivity contribution in [2.75, 3.05) is 0 Å². The highest BCUT2D eigenvalue weighted by molar-refractivity contribution is 6.30. The van der Waals surface area contributed by atoms with Gasteiger partial charge in [-0.3, -0.25) is 0 Å². The Kier molecular flexibility index (Phi) is 1.84. The summed E-state index contributed by atoms with van der Waals surface area (Å²) >= 11 is 5.93. The van der Waals surface area contributed by atoms with E-state index in [2.05, 4.69) is 0 Å². The van der Waals surface area contributed by atoms with E-state index in [9.17, 15) is 0 Å². The zero-order valence-corrected chi connectivity index (χ0v) is 8.46. The molecule has 2 aliphatic rings. The lowest BCUT2D eigenvalue weighted by atomic mass is 9.73. The Morgan fingerprint density at radius 1 is 1.36 bits per heavy atom. The summed E-state index contributed by atoms with van der Waals surface area (Å²) in [5.74, 6) is 0. The first-order valence-corrected chi connectivity index (χ1v) is 5.28. The van der Waals surface area contributed by atoms with Crippen molar-refractivity contribution in [1.29, 1.82) is 0 Å². The summed E-state index contributed by atoms with van der Waals surface area (Å²) in [5, 5.41) is 0.757. The molecule has 1 spiro atoms. The predicted molar refractivity (Wildman–Crippen MR) is 52.9 cm³/mol. The standard InChI is InChI=1S/C11H11ClO2/c12-9-4-1-3-8(7-9)10-11(14-13-10)5-2-6-11/h1,3-4,7,10H,2,5-6H2. The smallest absolute Gasteiger partial charge is 0.150 e. The Morgan fingerprint density at radius 3 is 2.71 bits per heavy atom. The van der Waals surface area contributed by atoms with Gasteiger partial charge in [0.05, 0.1) is 0 Å². The van der Waals surface area contributed by atoms with Crippen LogP contribution in [0.3, 0.4) is 0 Å². The van der Waals surface area contributed by atoms with Gasteiger partial charge in [-0.1, -0.05) is 23.7 Å². The molecular weight excluding hydrogens is 200 g/mol. The molecular formula is C11H11ClO2. The van der Waals surface area contributed by atoms with Crippen molar-refractivity contribution < 1.29 is 9.78 Å². The largest absolute Gasteiger partial charge is 0.226 e. The zero-order chi connectivity index (χ0) is 9.60. The van der Waals surface area contributed by atoms with Crippen LogP contribution < -0.4 is 0 Å². The van der Waals surface area contributed by atoms with Gasteiger partial charge in [-0.15, -0.1) is 0 Å². The molecule has 3 heteroatoms. The van der Waals surface area contributed by atoms with Crippen molar-refractivity contribution in [2.45, 2.75) is 31.0 Å². The van der Waals surface area contributed by atoms with Crippen molar-refractivity contribution in [3.8, 4) is 0 Å². The molecule has 2 nitrogen and oxygen atoms in total. The minimum Gasteiger partial charge on any atom is -0.226 e. The molecule has 0 N–H and O–H groups in total. The fourth-order valence-corrected chi connectivity index (χ4v) is 2.33. The Morgan fingerprint density at radius 2 is 2.21 bits per heavy atom. The molecule has 0 radical (unpaired) electrons. The van der Waals surface area contributed by atoms with Gasteiger partial charge in [0.2, 0.25) is 0 Å². The van der Waals surface area contributed by atoms with E-state index in [4.69, 9.17) is 21.4 Å². The second-order valence-electron chi connectivity index (χ2n) is 4.03. The van der Waals surface area contributed by atoms with E-state index in [0.29, 0.717) is 0 Å². The van der Waals surface area contributed by atoms with E-state index in [0.717, 1.165) is 23.4 Å². The third-order valence-electron chi connectivity index (χ3n) is 3.14. The van der Waals surface area contributed by atoms with Crippen LogP contribution in [0.1, 0.15) is 30.9 Å². The van der Waals surface area contributed by atoms with E-state index >= 15 is 0 Å². The SMILES string of the molecule is Clc1cccc(C2OOC23CCC3)c1. The first kappa shape index (κ1) is 8.72. The first-order valence-electron chi connectivity index (χ1n) is 4.90. The van der Waals surface area contributed by atoms with Gasteiger partial charge >= 0.3 is 0 Å². The summed E-state index contributed by atoms with van der Waals surface area (Å²) in [6, 6.07) is 7.82. The van der Waals surface area contributed by atoms with Gasteiger partial charge in [0, 0.05) is 5.02 Å². The molecule has 14 heavy (non-hydrogen) atoms. The molecule has 1 aliphatic carbocycles. The van der Waals surface area contributed by atoms with Crippen LogP contribution in [0.5, 0.6) is 0 Å². The lowest BCUT2D eigenvalue weighted by Gasteiger charge is -2.52. The van der Waals surface area contributed by atoms with Crippen molar-refractivity contribution in [1.82, 2.24) is 0 Å². The summed E-state index contributed by atoms with van der Waals surface area (Å²) in [7, 11) is 0. The molecule has 1 saturated heterocycles. The Balaban J connectivity index is 1.89. The van der Waals surface area contributed by atoms with E-state index in [1.807, 2.05) is 24.3 Å². The quantitative estimate of drug-likeness (QED) is 0.663. The molecule has 1 unspecified atom stereocenters. The summed E-state index contributed by atoms with van der Waals surface area (Å²) in [5.41, 5.74) is 1.11. The number of halogens is 1. The maximum Gasteiger partial charge on any atom is 0.150 e. The molecule has 0 aromatic heterocycles. The second-order valence-corrected chi connectivity index (χ2v) is 4.47. The lowest BCUT2D eigenvalue weighted by Crippen LogP contribution is -2.55. The van der Waals surface area contributed by atoms with Gasteiger partial charge in [0.15, 0.2) is 6.10 Å². The number of hydrogen-bond acceptors (Lipinski definition) is 2. The zero-order valence-electron chi connectivity index (χ0n) is 7.70. The molecule has 1 aliphatic heterocycles. The Hall–Kier alpha value is -0.570. The first-order chi connectivity index (χ1) is 6.80. The highest BCUT2D eigenvalue weighted by Crippen LogP contribution is 2.54. The monoisotopic (exact) mass is 210 g/mol. The second kappa shape index (κ2) is 2.96. The highest BCUT2D eigenvalue weighted by Gasteiger charge is 2.56. The van der Waals surface area contributed by atoms with Crippen LogP contribution in [0, 0.1) is 0 Å². The molecule has 74 valence electrons. The van der Waals surface area contributed by atoms with E-state index < -0.39 is 0 Å². The van der Waals surface area contributed by atoms with Crippen LogP contribution in [0.2, 0.25) is 5.02 Å². The maximum absolute atomic E-state index is 5.93. The van der Waals surface area contributed by atoms with E-state index in [1.54, 1.807) is 0 Å². The summed E-state index contributed by atoms with van der Waals surface area (Å²) in [6.45, 7) is 0. The van der Waals surface area contributed by atoms with Crippen LogP contribution in [0.15, 0.2) is 24.3 Å². The minimum absolute atomic E-state index is 0.0231. The summed E-state index contributed by atoms with van der Waals surface area (Å²) in [6.07, 6.45) is 3.53. The Bertz CT molecular complexity index is 355. The van der Waals surface area contributed by atoms with Gasteiger partial charge in [-0.05, 0) is 37.0 Å². The molecule has 1 heterocycles. The lowest BCUT2D eigenvalue weighted by molar-refractivity contribution is -0.532. The summed E-state index contributed by atoms with van der Waals surface area (Å²) in [4.78, 5) is 10.4. The molecule has 3 rings (SSSR count). The van der Waals surface area contributed by atoms with Crippen LogP contribution in [-0.2, 0) is 9.78 Å². The Labute approximate surface area is 87.7 Å². The number of rotatable bonds is 1. The summed E-state index contributed by atoms with van der Waals surface area (Å²) < 4.78 is 0. The van der Waals surface area contributed by atoms with Gasteiger partial charge in [-0.25, -0.2) is 9.78 Å². The molecule has 1 atom stereocenters. The van der Waals surface area contributed by atoms with Crippen molar-refractivity contribution >= 4 is 11.6 Å².